The number of aromatic nitrogens is 1. The zero-order valence-electron chi connectivity index (χ0n) is 20.6. The predicted molar refractivity (Wildman–Crippen MR) is 144 cm³/mol. The SMILES string of the molecule is C=CC(=O)N1CC(NC(=O)Cn2cc(C(=O)NCCOc3c(C)cccc3C)c3cc(Cl)cc(Cl)c32)C1. The molecule has 0 aliphatic carbocycles. The largest absolute Gasteiger partial charge is 0.491 e. The second-order valence-electron chi connectivity index (χ2n) is 8.99. The van der Waals surface area contributed by atoms with Crippen LogP contribution < -0.4 is 15.4 Å². The molecule has 3 aromatic rings. The summed E-state index contributed by atoms with van der Waals surface area (Å²) in [5.74, 6) is 0.0553. The van der Waals surface area contributed by atoms with Crippen molar-refractivity contribution < 1.29 is 19.1 Å². The van der Waals surface area contributed by atoms with Gasteiger partial charge in [0.15, 0.2) is 0 Å². The number of para-hydroxylation sites is 1. The number of aryl methyl sites for hydroxylation is 2. The molecule has 1 aromatic heterocycles. The number of ether oxygens (including phenoxy) is 1. The number of nitrogens with zero attached hydrogens (tertiary/aromatic N) is 2. The average molecular weight is 543 g/mol. The van der Waals surface area contributed by atoms with E-state index in [4.69, 9.17) is 27.9 Å². The van der Waals surface area contributed by atoms with Crippen molar-refractivity contribution in [1.82, 2.24) is 20.1 Å². The molecular formula is C27H28Cl2N4O4. The van der Waals surface area contributed by atoms with Crippen LogP contribution in [-0.4, -0.2) is 59.5 Å². The first-order valence-electron chi connectivity index (χ1n) is 11.8. The van der Waals surface area contributed by atoms with Gasteiger partial charge in [0.05, 0.1) is 28.7 Å². The molecule has 0 atom stereocenters. The van der Waals surface area contributed by atoms with Gasteiger partial charge in [-0.3, -0.25) is 14.4 Å². The lowest BCUT2D eigenvalue weighted by molar-refractivity contribution is -0.133. The summed E-state index contributed by atoms with van der Waals surface area (Å²) in [6.45, 7) is 8.80. The zero-order chi connectivity index (χ0) is 26.7. The van der Waals surface area contributed by atoms with Crippen LogP contribution in [0, 0.1) is 13.8 Å². The summed E-state index contributed by atoms with van der Waals surface area (Å²) in [7, 11) is 0. The summed E-state index contributed by atoms with van der Waals surface area (Å²) in [4.78, 5) is 39.0. The van der Waals surface area contributed by atoms with Crippen molar-refractivity contribution in [3.8, 4) is 5.75 Å². The molecule has 2 aromatic carbocycles. The van der Waals surface area contributed by atoms with Crippen LogP contribution >= 0.6 is 23.2 Å². The molecule has 0 saturated carbocycles. The number of benzene rings is 2. The monoisotopic (exact) mass is 542 g/mol. The Hall–Kier alpha value is -3.49. The molecule has 3 amide bonds. The quantitative estimate of drug-likeness (QED) is 0.317. The summed E-state index contributed by atoms with van der Waals surface area (Å²) in [6, 6.07) is 9.01. The fourth-order valence-corrected chi connectivity index (χ4v) is 5.01. The third kappa shape index (κ3) is 5.92. The zero-order valence-corrected chi connectivity index (χ0v) is 22.2. The number of carbonyl (C=O) groups is 3. The molecule has 10 heteroatoms. The molecule has 2 heterocycles. The Bertz CT molecular complexity index is 1360. The smallest absolute Gasteiger partial charge is 0.253 e. The van der Waals surface area contributed by atoms with Gasteiger partial charge in [0.2, 0.25) is 11.8 Å². The Labute approximate surface area is 225 Å². The van der Waals surface area contributed by atoms with Crippen molar-refractivity contribution in [3.05, 3.63) is 75.9 Å². The van der Waals surface area contributed by atoms with Crippen LogP contribution in [0.3, 0.4) is 0 Å². The van der Waals surface area contributed by atoms with Gasteiger partial charge in [0, 0.05) is 29.7 Å². The first-order valence-corrected chi connectivity index (χ1v) is 12.6. The molecule has 8 nitrogen and oxygen atoms in total. The first kappa shape index (κ1) is 26.6. The molecule has 1 fully saturated rings. The van der Waals surface area contributed by atoms with Gasteiger partial charge in [0.1, 0.15) is 18.9 Å². The van der Waals surface area contributed by atoms with E-state index in [1.165, 1.54) is 6.08 Å². The Morgan fingerprint density at radius 1 is 1.16 bits per heavy atom. The lowest BCUT2D eigenvalue weighted by Gasteiger charge is -2.38. The highest BCUT2D eigenvalue weighted by molar-refractivity contribution is 6.39. The molecule has 0 spiro atoms. The van der Waals surface area contributed by atoms with Gasteiger partial charge in [-0.1, -0.05) is 48.0 Å². The lowest BCUT2D eigenvalue weighted by atomic mass is 10.1. The van der Waals surface area contributed by atoms with E-state index in [-0.39, 0.29) is 36.9 Å². The number of hydrogen-bond donors (Lipinski definition) is 2. The molecule has 1 aliphatic rings. The molecule has 2 N–H and O–H groups in total. The summed E-state index contributed by atoms with van der Waals surface area (Å²) in [5, 5.41) is 7.03. The Balaban J connectivity index is 1.43. The number of carbonyl (C=O) groups excluding carboxylic acids is 3. The number of nitrogens with one attached hydrogen (secondary N) is 2. The van der Waals surface area contributed by atoms with E-state index in [0.717, 1.165) is 16.9 Å². The molecular weight excluding hydrogens is 515 g/mol. The minimum absolute atomic E-state index is 0.0489. The van der Waals surface area contributed by atoms with Crippen molar-refractivity contribution >= 4 is 51.8 Å². The summed E-state index contributed by atoms with van der Waals surface area (Å²) < 4.78 is 7.51. The van der Waals surface area contributed by atoms with E-state index in [2.05, 4.69) is 17.2 Å². The molecule has 1 aliphatic heterocycles. The Kier molecular flexibility index (Phi) is 8.10. The van der Waals surface area contributed by atoms with Crippen molar-refractivity contribution in [1.29, 1.82) is 0 Å². The van der Waals surface area contributed by atoms with E-state index in [1.54, 1.807) is 27.8 Å². The highest BCUT2D eigenvalue weighted by Crippen LogP contribution is 2.32. The lowest BCUT2D eigenvalue weighted by Crippen LogP contribution is -2.61. The minimum atomic E-state index is -0.329. The molecule has 0 bridgehead atoms. The van der Waals surface area contributed by atoms with E-state index in [9.17, 15) is 14.4 Å². The highest BCUT2D eigenvalue weighted by atomic mass is 35.5. The number of hydrogen-bond acceptors (Lipinski definition) is 4. The normalized spacial score (nSPS) is 13.2. The van der Waals surface area contributed by atoms with E-state index < -0.39 is 0 Å². The molecule has 0 unspecified atom stereocenters. The van der Waals surface area contributed by atoms with Crippen molar-refractivity contribution in [2.75, 3.05) is 26.2 Å². The topological polar surface area (TPSA) is 92.7 Å². The summed E-state index contributed by atoms with van der Waals surface area (Å²) >= 11 is 12.7. The van der Waals surface area contributed by atoms with Crippen molar-refractivity contribution in [2.45, 2.75) is 26.4 Å². The highest BCUT2D eigenvalue weighted by Gasteiger charge is 2.30. The maximum atomic E-state index is 13.1. The average Bonchev–Trinajstić information content (AvgIpc) is 3.17. The molecule has 194 valence electrons. The van der Waals surface area contributed by atoms with Crippen LogP contribution in [0.4, 0.5) is 0 Å². The van der Waals surface area contributed by atoms with Crippen molar-refractivity contribution in [2.24, 2.45) is 0 Å². The first-order chi connectivity index (χ1) is 17.7. The number of halogens is 2. The van der Waals surface area contributed by atoms with Crippen LogP contribution in [0.2, 0.25) is 10.0 Å². The van der Waals surface area contributed by atoms with E-state index in [1.807, 2.05) is 32.0 Å². The maximum Gasteiger partial charge on any atom is 0.253 e. The summed E-state index contributed by atoms with van der Waals surface area (Å²) in [6.07, 6.45) is 2.85. The van der Waals surface area contributed by atoms with Gasteiger partial charge < -0.3 is 24.8 Å². The van der Waals surface area contributed by atoms with Crippen LogP contribution in [-0.2, 0) is 16.1 Å². The van der Waals surface area contributed by atoms with E-state index in [0.29, 0.717) is 46.2 Å². The van der Waals surface area contributed by atoms with Crippen LogP contribution in [0.5, 0.6) is 5.75 Å². The second kappa shape index (κ2) is 11.3. The fraction of sp³-hybridized carbons (Fsp3) is 0.296. The number of rotatable bonds is 9. The number of fused-ring (bicyclic) bond motifs is 1. The maximum absolute atomic E-state index is 13.1. The van der Waals surface area contributed by atoms with Gasteiger partial charge in [0.25, 0.3) is 5.91 Å². The Morgan fingerprint density at radius 2 is 1.86 bits per heavy atom. The van der Waals surface area contributed by atoms with Crippen LogP contribution in [0.25, 0.3) is 10.9 Å². The number of amides is 3. The van der Waals surface area contributed by atoms with Gasteiger partial charge >= 0.3 is 0 Å². The van der Waals surface area contributed by atoms with E-state index >= 15 is 0 Å². The number of likely N-dealkylation sites (tertiary alicyclic amines) is 1. The molecule has 37 heavy (non-hydrogen) atoms. The van der Waals surface area contributed by atoms with Crippen molar-refractivity contribution in [3.63, 3.8) is 0 Å². The van der Waals surface area contributed by atoms with Gasteiger partial charge in [-0.25, -0.2) is 0 Å². The van der Waals surface area contributed by atoms with Gasteiger partial charge in [-0.15, -0.1) is 0 Å². The summed E-state index contributed by atoms with van der Waals surface area (Å²) in [5.41, 5.74) is 2.94. The third-order valence-corrected chi connectivity index (χ3v) is 6.73. The standard InChI is InChI=1S/C27H28Cl2N4O4/c1-4-24(35)32-12-19(13-32)31-23(34)15-33-14-21(20-10-18(28)11-22(29)25(20)33)27(36)30-8-9-37-26-16(2)6-5-7-17(26)3/h4-7,10-11,14,19H,1,8-9,12-13,15H2,2-3H3,(H,30,36)(H,31,34). The Morgan fingerprint density at radius 3 is 2.54 bits per heavy atom. The van der Waals surface area contributed by atoms with Crippen LogP contribution in [0.1, 0.15) is 21.5 Å². The molecule has 0 radical (unpaired) electrons. The second-order valence-corrected chi connectivity index (χ2v) is 9.84. The van der Waals surface area contributed by atoms with Gasteiger partial charge in [-0.2, -0.15) is 0 Å². The minimum Gasteiger partial charge on any atom is -0.491 e. The molecule has 1 saturated heterocycles. The third-order valence-electron chi connectivity index (χ3n) is 6.22. The van der Waals surface area contributed by atoms with Crippen LogP contribution in [0.15, 0.2) is 49.2 Å². The van der Waals surface area contributed by atoms with Gasteiger partial charge in [-0.05, 0) is 43.2 Å². The fourth-order valence-electron chi connectivity index (χ4n) is 4.41. The molecule has 4 rings (SSSR count). The predicted octanol–water partition coefficient (Wildman–Crippen LogP) is 3.89.